The van der Waals surface area contributed by atoms with E-state index in [1.54, 1.807) is 22.9 Å². The molecular weight excluding hydrogens is 430 g/mol. The Labute approximate surface area is 200 Å². The smallest absolute Gasteiger partial charge is 0.410 e. The second-order valence-corrected chi connectivity index (χ2v) is 10.0. The molecule has 7 heteroatoms. The molecule has 2 heterocycles. The van der Waals surface area contributed by atoms with Crippen LogP contribution in [0.4, 0.5) is 4.79 Å². The fourth-order valence-corrected chi connectivity index (χ4v) is 4.49. The van der Waals surface area contributed by atoms with Crippen molar-refractivity contribution < 1.29 is 14.3 Å². The van der Waals surface area contributed by atoms with E-state index in [0.717, 1.165) is 22.4 Å². The number of likely N-dealkylation sites (tertiary alicyclic amines) is 1. The van der Waals surface area contributed by atoms with Gasteiger partial charge in [-0.2, -0.15) is 0 Å². The van der Waals surface area contributed by atoms with Crippen LogP contribution in [-0.2, 0) is 11.2 Å². The number of amides is 1. The lowest BCUT2D eigenvalue weighted by Gasteiger charge is -2.34. The SMILES string of the molecule is COc1cc(C)cc(Cc2ccc3ncn(C4CCN(C(=O)OC(C)(C)C)CC4)c(=O)c3c2)c1. The van der Waals surface area contributed by atoms with Gasteiger partial charge in [-0.1, -0.05) is 12.1 Å². The van der Waals surface area contributed by atoms with Crippen LogP contribution in [0.5, 0.6) is 5.75 Å². The van der Waals surface area contributed by atoms with Crippen LogP contribution in [0, 0.1) is 6.92 Å². The summed E-state index contributed by atoms with van der Waals surface area (Å²) in [4.78, 5) is 32.0. The number of piperidine rings is 1. The maximum Gasteiger partial charge on any atom is 0.410 e. The predicted octanol–water partition coefficient (Wildman–Crippen LogP) is 4.88. The lowest BCUT2D eigenvalue weighted by Crippen LogP contribution is -2.43. The first-order valence-corrected chi connectivity index (χ1v) is 11.8. The Morgan fingerprint density at radius 1 is 1.09 bits per heavy atom. The predicted molar refractivity (Wildman–Crippen MR) is 133 cm³/mol. The second-order valence-electron chi connectivity index (χ2n) is 10.0. The van der Waals surface area contributed by atoms with Crippen molar-refractivity contribution in [2.75, 3.05) is 20.2 Å². The number of fused-ring (bicyclic) bond motifs is 1. The first kappa shape index (κ1) is 23.8. The molecule has 1 saturated heterocycles. The van der Waals surface area contributed by atoms with Crippen molar-refractivity contribution >= 4 is 17.0 Å². The average Bonchev–Trinajstić information content (AvgIpc) is 2.78. The Bertz CT molecular complexity index is 1250. The molecule has 1 aliphatic rings. The molecule has 0 bridgehead atoms. The monoisotopic (exact) mass is 463 g/mol. The van der Waals surface area contributed by atoms with Crippen molar-refractivity contribution in [2.24, 2.45) is 0 Å². The van der Waals surface area contributed by atoms with Gasteiger partial charge in [0.15, 0.2) is 0 Å². The number of hydrogen-bond donors (Lipinski definition) is 0. The molecule has 7 nitrogen and oxygen atoms in total. The van der Waals surface area contributed by atoms with Gasteiger partial charge in [0.2, 0.25) is 0 Å². The third-order valence-corrected chi connectivity index (χ3v) is 6.11. The number of methoxy groups -OCH3 is 1. The quantitative estimate of drug-likeness (QED) is 0.552. The molecule has 0 aliphatic carbocycles. The highest BCUT2D eigenvalue weighted by atomic mass is 16.6. The summed E-state index contributed by atoms with van der Waals surface area (Å²) in [6.07, 6.45) is 3.43. The first-order chi connectivity index (χ1) is 16.1. The number of ether oxygens (including phenoxy) is 2. The van der Waals surface area contributed by atoms with Gasteiger partial charge in [-0.3, -0.25) is 9.36 Å². The third-order valence-electron chi connectivity index (χ3n) is 6.11. The zero-order chi connectivity index (χ0) is 24.5. The highest BCUT2D eigenvalue weighted by molar-refractivity contribution is 5.78. The molecule has 1 amide bonds. The van der Waals surface area contributed by atoms with Crippen LogP contribution in [0.15, 0.2) is 47.5 Å². The van der Waals surface area contributed by atoms with Crippen LogP contribution in [0.3, 0.4) is 0 Å². The minimum atomic E-state index is -0.519. The van der Waals surface area contributed by atoms with Gasteiger partial charge >= 0.3 is 6.09 Å². The van der Waals surface area contributed by atoms with E-state index in [9.17, 15) is 9.59 Å². The average molecular weight is 464 g/mol. The molecule has 0 N–H and O–H groups in total. The van der Waals surface area contributed by atoms with Crippen LogP contribution in [-0.4, -0.2) is 46.3 Å². The molecule has 180 valence electrons. The van der Waals surface area contributed by atoms with E-state index < -0.39 is 5.60 Å². The van der Waals surface area contributed by atoms with Crippen LogP contribution in [0.2, 0.25) is 0 Å². The lowest BCUT2D eigenvalue weighted by atomic mass is 10.0. The highest BCUT2D eigenvalue weighted by Gasteiger charge is 2.28. The third kappa shape index (κ3) is 5.41. The van der Waals surface area contributed by atoms with Gasteiger partial charge in [0.1, 0.15) is 11.4 Å². The molecule has 4 rings (SSSR count). The zero-order valence-electron chi connectivity index (χ0n) is 20.6. The van der Waals surface area contributed by atoms with Gasteiger partial charge in [0.25, 0.3) is 5.56 Å². The van der Waals surface area contributed by atoms with E-state index in [4.69, 9.17) is 9.47 Å². The van der Waals surface area contributed by atoms with E-state index in [-0.39, 0.29) is 17.7 Å². The highest BCUT2D eigenvalue weighted by Crippen LogP contribution is 2.24. The topological polar surface area (TPSA) is 73.7 Å². The van der Waals surface area contributed by atoms with Crippen molar-refractivity contribution in [1.82, 2.24) is 14.5 Å². The summed E-state index contributed by atoms with van der Waals surface area (Å²) in [7, 11) is 1.67. The van der Waals surface area contributed by atoms with E-state index in [1.807, 2.05) is 58.0 Å². The largest absolute Gasteiger partial charge is 0.497 e. The summed E-state index contributed by atoms with van der Waals surface area (Å²) in [6.45, 7) is 8.74. The summed E-state index contributed by atoms with van der Waals surface area (Å²) in [5.41, 5.74) is 3.46. The summed E-state index contributed by atoms with van der Waals surface area (Å²) in [6, 6.07) is 12.0. The molecule has 0 unspecified atom stereocenters. The second kappa shape index (κ2) is 9.49. The molecule has 34 heavy (non-hydrogen) atoms. The summed E-state index contributed by atoms with van der Waals surface area (Å²) in [5.74, 6) is 0.831. The van der Waals surface area contributed by atoms with E-state index in [0.29, 0.717) is 43.3 Å². The molecule has 2 aromatic carbocycles. The van der Waals surface area contributed by atoms with Gasteiger partial charge in [-0.05, 0) is 87.9 Å². The van der Waals surface area contributed by atoms with Gasteiger partial charge in [-0.15, -0.1) is 0 Å². The van der Waals surface area contributed by atoms with Crippen LogP contribution in [0.1, 0.15) is 56.3 Å². The molecule has 1 aromatic heterocycles. The van der Waals surface area contributed by atoms with E-state index in [2.05, 4.69) is 11.1 Å². The number of aromatic nitrogens is 2. The van der Waals surface area contributed by atoms with Crippen LogP contribution >= 0.6 is 0 Å². The van der Waals surface area contributed by atoms with Crippen LogP contribution < -0.4 is 10.3 Å². The van der Waals surface area contributed by atoms with Crippen molar-refractivity contribution in [3.63, 3.8) is 0 Å². The molecular formula is C27H33N3O4. The van der Waals surface area contributed by atoms with E-state index >= 15 is 0 Å². The Morgan fingerprint density at radius 3 is 2.50 bits per heavy atom. The number of aryl methyl sites for hydroxylation is 1. The van der Waals surface area contributed by atoms with Gasteiger partial charge < -0.3 is 14.4 Å². The molecule has 1 fully saturated rings. The normalized spacial score (nSPS) is 14.9. The number of benzene rings is 2. The first-order valence-electron chi connectivity index (χ1n) is 11.8. The van der Waals surface area contributed by atoms with Crippen LogP contribution in [0.25, 0.3) is 10.9 Å². The molecule has 0 radical (unpaired) electrons. The molecule has 0 saturated carbocycles. The van der Waals surface area contributed by atoms with Gasteiger partial charge in [0, 0.05) is 19.1 Å². The fourth-order valence-electron chi connectivity index (χ4n) is 4.49. The Hall–Kier alpha value is -3.35. The van der Waals surface area contributed by atoms with Gasteiger partial charge in [-0.25, -0.2) is 9.78 Å². The number of carbonyl (C=O) groups excluding carboxylic acids is 1. The Morgan fingerprint density at radius 2 is 1.82 bits per heavy atom. The van der Waals surface area contributed by atoms with E-state index in [1.165, 1.54) is 0 Å². The summed E-state index contributed by atoms with van der Waals surface area (Å²) >= 11 is 0. The minimum Gasteiger partial charge on any atom is -0.497 e. The zero-order valence-corrected chi connectivity index (χ0v) is 20.6. The minimum absolute atomic E-state index is 0.00720. The molecule has 1 aliphatic heterocycles. The van der Waals surface area contributed by atoms with Crippen molar-refractivity contribution in [3.05, 3.63) is 69.8 Å². The number of rotatable bonds is 4. The number of carbonyl (C=O) groups is 1. The van der Waals surface area contributed by atoms with Crippen molar-refractivity contribution in [1.29, 1.82) is 0 Å². The van der Waals surface area contributed by atoms with Crippen molar-refractivity contribution in [3.8, 4) is 5.75 Å². The Balaban J connectivity index is 1.53. The van der Waals surface area contributed by atoms with Gasteiger partial charge in [0.05, 0.1) is 24.3 Å². The maximum absolute atomic E-state index is 13.4. The number of nitrogens with zero attached hydrogens (tertiary/aromatic N) is 3. The summed E-state index contributed by atoms with van der Waals surface area (Å²) < 4.78 is 12.6. The lowest BCUT2D eigenvalue weighted by molar-refractivity contribution is 0.0187. The Kier molecular flexibility index (Phi) is 6.64. The standard InChI is InChI=1S/C27H33N3O4/c1-18-12-20(15-22(13-18)33-5)14-19-6-7-24-23(16-19)25(31)30(17-28-24)21-8-10-29(11-9-21)26(32)34-27(2,3)4/h6-7,12-13,15-17,21H,8-11,14H2,1-5H3. The maximum atomic E-state index is 13.4. The molecule has 0 spiro atoms. The molecule has 3 aromatic rings. The summed E-state index contributed by atoms with van der Waals surface area (Å²) in [5, 5.41) is 0.620. The fraction of sp³-hybridized carbons (Fsp3) is 0.444. The van der Waals surface area contributed by atoms with Crippen molar-refractivity contribution in [2.45, 2.75) is 58.6 Å². The number of hydrogen-bond acceptors (Lipinski definition) is 5. The molecule has 0 atom stereocenters.